The molecular formula is C17H21N5O2. The van der Waals surface area contributed by atoms with Gasteiger partial charge >= 0.3 is 0 Å². The van der Waals surface area contributed by atoms with Gasteiger partial charge in [0.2, 0.25) is 0 Å². The number of hydrogen-bond acceptors (Lipinski definition) is 7. The zero-order valence-corrected chi connectivity index (χ0v) is 13.6. The summed E-state index contributed by atoms with van der Waals surface area (Å²) >= 11 is 0. The third-order valence-electron chi connectivity index (χ3n) is 4.36. The van der Waals surface area contributed by atoms with Gasteiger partial charge in [-0.1, -0.05) is 30.3 Å². The standard InChI is InChI=1S/C17H21N5O2/c1-22(17-14(18)16(19)20-10-21-17)13-7-12(15(13)23)9-24-8-11-5-3-2-4-6-11/h2-6,10,12-13H,7-9,18H2,1H3,(H2,19,20,21). The van der Waals surface area contributed by atoms with Crippen LogP contribution in [0.15, 0.2) is 36.7 Å². The maximum Gasteiger partial charge on any atom is 0.160 e. The predicted molar refractivity (Wildman–Crippen MR) is 92.3 cm³/mol. The van der Waals surface area contributed by atoms with Gasteiger partial charge in [0.15, 0.2) is 17.4 Å². The third kappa shape index (κ3) is 3.16. The van der Waals surface area contributed by atoms with Crippen molar-refractivity contribution in [2.75, 3.05) is 30.0 Å². The number of nitrogens with two attached hydrogens (primary N) is 2. The Bertz CT molecular complexity index is 722. The van der Waals surface area contributed by atoms with E-state index in [9.17, 15) is 4.79 Å². The first-order chi connectivity index (χ1) is 11.6. The number of ether oxygens (including phenoxy) is 1. The van der Waals surface area contributed by atoms with Crippen molar-refractivity contribution in [3.05, 3.63) is 42.2 Å². The molecule has 0 spiro atoms. The molecule has 0 amide bonds. The number of carbonyl (C=O) groups is 1. The molecule has 1 aromatic carbocycles. The number of anilines is 3. The van der Waals surface area contributed by atoms with Crippen molar-refractivity contribution in [3.8, 4) is 0 Å². The number of aromatic nitrogens is 2. The van der Waals surface area contributed by atoms with E-state index in [2.05, 4.69) is 9.97 Å². The monoisotopic (exact) mass is 327 g/mol. The number of hydrogen-bond donors (Lipinski definition) is 2. The minimum absolute atomic E-state index is 0.0819. The molecular weight excluding hydrogens is 306 g/mol. The number of carbonyl (C=O) groups excluding carboxylic acids is 1. The van der Waals surface area contributed by atoms with E-state index in [4.69, 9.17) is 16.2 Å². The molecule has 1 fully saturated rings. The molecule has 1 heterocycles. The molecule has 7 heteroatoms. The van der Waals surface area contributed by atoms with Crippen molar-refractivity contribution >= 4 is 23.1 Å². The summed E-state index contributed by atoms with van der Waals surface area (Å²) in [4.78, 5) is 22.1. The second kappa shape index (κ2) is 6.84. The highest BCUT2D eigenvalue weighted by atomic mass is 16.5. The van der Waals surface area contributed by atoms with E-state index in [1.165, 1.54) is 6.33 Å². The van der Waals surface area contributed by atoms with Gasteiger partial charge in [-0.05, 0) is 12.0 Å². The van der Waals surface area contributed by atoms with Crippen LogP contribution in [0.25, 0.3) is 0 Å². The minimum atomic E-state index is -0.244. The molecule has 1 saturated carbocycles. The van der Waals surface area contributed by atoms with Crippen molar-refractivity contribution in [1.82, 2.24) is 9.97 Å². The quantitative estimate of drug-likeness (QED) is 0.822. The van der Waals surface area contributed by atoms with Gasteiger partial charge in [0.1, 0.15) is 12.0 Å². The molecule has 1 aliphatic rings. The lowest BCUT2D eigenvalue weighted by molar-refractivity contribution is -0.134. The SMILES string of the molecule is CN(c1ncnc(N)c1N)C1CC(COCc2ccccc2)C1=O. The van der Waals surface area contributed by atoms with E-state index in [1.807, 2.05) is 30.3 Å². The van der Waals surface area contributed by atoms with Gasteiger partial charge in [0.05, 0.1) is 19.3 Å². The number of Topliss-reactive ketones (excluding diaryl/α,β-unsaturated/α-hetero) is 1. The largest absolute Gasteiger partial charge is 0.393 e. The normalized spacial score (nSPS) is 19.8. The maximum atomic E-state index is 12.4. The molecule has 1 aliphatic carbocycles. The summed E-state index contributed by atoms with van der Waals surface area (Å²) in [6.07, 6.45) is 2.06. The number of rotatable bonds is 6. The average Bonchev–Trinajstić information content (AvgIpc) is 2.60. The lowest BCUT2D eigenvalue weighted by atomic mass is 9.78. The molecule has 3 rings (SSSR count). The molecule has 0 aliphatic heterocycles. The van der Waals surface area contributed by atoms with Crippen LogP contribution in [0.5, 0.6) is 0 Å². The topological polar surface area (TPSA) is 107 Å². The average molecular weight is 327 g/mol. The summed E-state index contributed by atoms with van der Waals surface area (Å²) in [6.45, 7) is 0.944. The van der Waals surface area contributed by atoms with E-state index < -0.39 is 0 Å². The Labute approximate surface area is 140 Å². The summed E-state index contributed by atoms with van der Waals surface area (Å²) < 4.78 is 5.66. The highest BCUT2D eigenvalue weighted by Crippen LogP contribution is 2.33. The van der Waals surface area contributed by atoms with Crippen LogP contribution in [-0.2, 0) is 16.1 Å². The van der Waals surface area contributed by atoms with Gasteiger partial charge in [0.25, 0.3) is 0 Å². The first-order valence-electron chi connectivity index (χ1n) is 7.82. The second-order valence-corrected chi connectivity index (χ2v) is 5.96. The summed E-state index contributed by atoms with van der Waals surface area (Å²) in [6, 6.07) is 9.66. The zero-order valence-electron chi connectivity index (χ0n) is 13.6. The highest BCUT2D eigenvalue weighted by Gasteiger charge is 2.42. The molecule has 0 saturated heterocycles. The Morgan fingerprint density at radius 3 is 2.71 bits per heavy atom. The Morgan fingerprint density at radius 1 is 1.25 bits per heavy atom. The maximum absolute atomic E-state index is 12.4. The van der Waals surface area contributed by atoms with Crippen LogP contribution in [0.1, 0.15) is 12.0 Å². The fraction of sp³-hybridized carbons (Fsp3) is 0.353. The highest BCUT2D eigenvalue weighted by molar-refractivity contribution is 5.95. The van der Waals surface area contributed by atoms with Crippen LogP contribution in [0.4, 0.5) is 17.3 Å². The van der Waals surface area contributed by atoms with E-state index in [1.54, 1.807) is 11.9 Å². The molecule has 126 valence electrons. The lowest BCUT2D eigenvalue weighted by Crippen LogP contribution is -2.54. The van der Waals surface area contributed by atoms with E-state index in [-0.39, 0.29) is 23.6 Å². The minimum Gasteiger partial charge on any atom is -0.393 e. The van der Waals surface area contributed by atoms with Crippen molar-refractivity contribution in [2.24, 2.45) is 5.92 Å². The van der Waals surface area contributed by atoms with Gasteiger partial charge in [0, 0.05) is 13.0 Å². The van der Waals surface area contributed by atoms with Crippen molar-refractivity contribution in [1.29, 1.82) is 0 Å². The molecule has 2 unspecified atom stereocenters. The number of likely N-dealkylation sites (N-methyl/N-ethyl adjacent to an activating group) is 1. The number of nitrogen functional groups attached to an aromatic ring is 2. The predicted octanol–water partition coefficient (Wildman–Crippen LogP) is 1.25. The molecule has 24 heavy (non-hydrogen) atoms. The van der Waals surface area contributed by atoms with Crippen LogP contribution in [-0.4, -0.2) is 35.4 Å². The summed E-state index contributed by atoms with van der Waals surface area (Å²) in [5.41, 5.74) is 13.0. The Hall–Kier alpha value is -2.67. The van der Waals surface area contributed by atoms with Gasteiger partial charge in [-0.3, -0.25) is 4.79 Å². The first kappa shape index (κ1) is 16.2. The van der Waals surface area contributed by atoms with E-state index in [0.717, 1.165) is 5.56 Å². The second-order valence-electron chi connectivity index (χ2n) is 5.96. The third-order valence-corrected chi connectivity index (χ3v) is 4.36. The number of nitrogens with zero attached hydrogens (tertiary/aromatic N) is 3. The smallest absolute Gasteiger partial charge is 0.160 e. The van der Waals surface area contributed by atoms with Crippen molar-refractivity contribution in [3.63, 3.8) is 0 Å². The van der Waals surface area contributed by atoms with Crippen molar-refractivity contribution < 1.29 is 9.53 Å². The van der Waals surface area contributed by atoms with Crippen molar-refractivity contribution in [2.45, 2.75) is 19.1 Å². The van der Waals surface area contributed by atoms with Gasteiger partial charge < -0.3 is 21.1 Å². The van der Waals surface area contributed by atoms with Gasteiger partial charge in [-0.2, -0.15) is 0 Å². The first-order valence-corrected chi connectivity index (χ1v) is 7.82. The summed E-state index contributed by atoms with van der Waals surface area (Å²) in [5, 5.41) is 0. The zero-order chi connectivity index (χ0) is 17.1. The summed E-state index contributed by atoms with van der Waals surface area (Å²) in [7, 11) is 1.79. The molecule has 2 aromatic rings. The number of benzene rings is 1. The lowest BCUT2D eigenvalue weighted by Gasteiger charge is -2.40. The molecule has 1 aromatic heterocycles. The Kier molecular flexibility index (Phi) is 4.61. The van der Waals surface area contributed by atoms with E-state index in [0.29, 0.717) is 31.1 Å². The van der Waals surface area contributed by atoms with Gasteiger partial charge in [-0.25, -0.2) is 9.97 Å². The van der Waals surface area contributed by atoms with E-state index >= 15 is 0 Å². The molecule has 0 bridgehead atoms. The van der Waals surface area contributed by atoms with Crippen LogP contribution in [0.2, 0.25) is 0 Å². The van der Waals surface area contributed by atoms with Crippen LogP contribution >= 0.6 is 0 Å². The van der Waals surface area contributed by atoms with Gasteiger partial charge in [-0.15, -0.1) is 0 Å². The molecule has 0 radical (unpaired) electrons. The summed E-state index contributed by atoms with van der Waals surface area (Å²) in [5.74, 6) is 0.773. The Morgan fingerprint density at radius 2 is 2.00 bits per heavy atom. The molecule has 2 atom stereocenters. The fourth-order valence-corrected chi connectivity index (χ4v) is 2.83. The molecule has 7 nitrogen and oxygen atoms in total. The van der Waals surface area contributed by atoms with Crippen LogP contribution in [0.3, 0.4) is 0 Å². The van der Waals surface area contributed by atoms with Crippen LogP contribution in [0, 0.1) is 5.92 Å². The van der Waals surface area contributed by atoms with Crippen LogP contribution < -0.4 is 16.4 Å². The fourth-order valence-electron chi connectivity index (χ4n) is 2.83. The number of ketones is 1. The Balaban J connectivity index is 1.52. The molecule has 4 N–H and O–H groups in total.